The van der Waals surface area contributed by atoms with Crippen LogP contribution in [0, 0.1) is 6.92 Å². The van der Waals surface area contributed by atoms with Crippen molar-refractivity contribution in [2.45, 2.75) is 38.2 Å². The van der Waals surface area contributed by atoms with Gasteiger partial charge in [-0.25, -0.2) is 0 Å². The molecule has 4 nitrogen and oxygen atoms in total. The van der Waals surface area contributed by atoms with Crippen LogP contribution in [-0.4, -0.2) is 30.9 Å². The molecule has 0 radical (unpaired) electrons. The van der Waals surface area contributed by atoms with Crippen LogP contribution >= 0.6 is 11.8 Å². The summed E-state index contributed by atoms with van der Waals surface area (Å²) in [5, 5.41) is 2.88. The smallest absolute Gasteiger partial charge is 0.230 e. The van der Waals surface area contributed by atoms with E-state index >= 15 is 0 Å². The van der Waals surface area contributed by atoms with Crippen molar-refractivity contribution in [2.24, 2.45) is 0 Å². The lowest BCUT2D eigenvalue weighted by Gasteiger charge is -2.09. The number of amides is 1. The van der Waals surface area contributed by atoms with Gasteiger partial charge in [0, 0.05) is 23.7 Å². The first-order chi connectivity index (χ1) is 9.49. The van der Waals surface area contributed by atoms with E-state index in [0.29, 0.717) is 18.9 Å². The maximum atomic E-state index is 11.7. The number of nitrogens with one attached hydrogen (secondary N) is 1. The van der Waals surface area contributed by atoms with E-state index in [4.69, 9.17) is 10.5 Å². The normalized spacial score (nSPS) is 10.8. The van der Waals surface area contributed by atoms with Gasteiger partial charge in [-0.15, -0.1) is 11.8 Å². The fourth-order valence-electron chi connectivity index (χ4n) is 1.58. The summed E-state index contributed by atoms with van der Waals surface area (Å²) in [5.74, 6) is 0.416. The molecule has 0 heterocycles. The van der Waals surface area contributed by atoms with Gasteiger partial charge in [-0.1, -0.05) is 6.07 Å². The van der Waals surface area contributed by atoms with Crippen LogP contribution in [0.25, 0.3) is 0 Å². The standard InChI is InChI=1S/C15H24N2O2S/c1-11(2)19-8-4-7-17-15(18)10-20-14-9-12(3)5-6-13(14)16/h5-6,9,11H,4,7-8,10,16H2,1-3H3,(H,17,18). The van der Waals surface area contributed by atoms with Crippen molar-refractivity contribution in [1.82, 2.24) is 5.32 Å². The van der Waals surface area contributed by atoms with Crippen molar-refractivity contribution >= 4 is 23.4 Å². The molecular weight excluding hydrogens is 272 g/mol. The van der Waals surface area contributed by atoms with Crippen molar-refractivity contribution in [1.29, 1.82) is 0 Å². The Hall–Kier alpha value is -1.20. The summed E-state index contributed by atoms with van der Waals surface area (Å²) >= 11 is 1.47. The molecule has 0 aliphatic heterocycles. The summed E-state index contributed by atoms with van der Waals surface area (Å²) in [7, 11) is 0. The highest BCUT2D eigenvalue weighted by Crippen LogP contribution is 2.25. The average Bonchev–Trinajstić information content (AvgIpc) is 2.39. The molecule has 1 aromatic carbocycles. The number of benzene rings is 1. The number of carbonyl (C=O) groups is 1. The molecule has 0 spiro atoms. The zero-order valence-corrected chi connectivity index (χ0v) is 13.3. The van der Waals surface area contributed by atoms with Crippen LogP contribution in [0.4, 0.5) is 5.69 Å². The molecule has 3 N–H and O–H groups in total. The lowest BCUT2D eigenvalue weighted by Crippen LogP contribution is -2.27. The van der Waals surface area contributed by atoms with E-state index < -0.39 is 0 Å². The maximum absolute atomic E-state index is 11.7. The quantitative estimate of drug-likeness (QED) is 0.440. The minimum absolute atomic E-state index is 0.0282. The molecule has 0 aromatic heterocycles. The SMILES string of the molecule is Cc1ccc(N)c(SCC(=O)NCCCOC(C)C)c1. The Morgan fingerprint density at radius 3 is 2.90 bits per heavy atom. The lowest BCUT2D eigenvalue weighted by atomic mass is 10.2. The van der Waals surface area contributed by atoms with E-state index in [2.05, 4.69) is 5.32 Å². The third-order valence-corrected chi connectivity index (χ3v) is 3.69. The first-order valence-corrected chi connectivity index (χ1v) is 7.85. The Morgan fingerprint density at radius 1 is 1.45 bits per heavy atom. The molecule has 0 saturated carbocycles. The van der Waals surface area contributed by atoms with Gasteiger partial charge in [0.2, 0.25) is 5.91 Å². The average molecular weight is 296 g/mol. The van der Waals surface area contributed by atoms with Gasteiger partial charge in [0.15, 0.2) is 0 Å². The van der Waals surface area contributed by atoms with Crippen molar-refractivity contribution in [3.63, 3.8) is 0 Å². The van der Waals surface area contributed by atoms with Crippen LogP contribution in [0.5, 0.6) is 0 Å². The van der Waals surface area contributed by atoms with Crippen molar-refractivity contribution < 1.29 is 9.53 Å². The van der Waals surface area contributed by atoms with E-state index in [-0.39, 0.29) is 12.0 Å². The Bertz CT molecular complexity index is 436. The fourth-order valence-corrected chi connectivity index (χ4v) is 2.47. The number of ether oxygens (including phenoxy) is 1. The zero-order chi connectivity index (χ0) is 15.0. The van der Waals surface area contributed by atoms with E-state index in [1.54, 1.807) is 0 Å². The number of thioether (sulfide) groups is 1. The second-order valence-electron chi connectivity index (χ2n) is 4.95. The zero-order valence-electron chi connectivity index (χ0n) is 12.4. The monoisotopic (exact) mass is 296 g/mol. The van der Waals surface area contributed by atoms with Crippen LogP contribution in [0.1, 0.15) is 25.8 Å². The molecule has 0 bridgehead atoms. The number of anilines is 1. The minimum atomic E-state index is 0.0282. The number of hydrogen-bond acceptors (Lipinski definition) is 4. The first-order valence-electron chi connectivity index (χ1n) is 6.86. The van der Waals surface area contributed by atoms with Crippen LogP contribution in [0.3, 0.4) is 0 Å². The number of hydrogen-bond donors (Lipinski definition) is 2. The molecule has 112 valence electrons. The topological polar surface area (TPSA) is 64.4 Å². The molecular formula is C15H24N2O2S. The molecule has 0 aliphatic carbocycles. The summed E-state index contributed by atoms with van der Waals surface area (Å²) in [5.41, 5.74) is 7.74. The van der Waals surface area contributed by atoms with Crippen LogP contribution in [0.2, 0.25) is 0 Å². The number of nitrogens with two attached hydrogens (primary N) is 1. The summed E-state index contributed by atoms with van der Waals surface area (Å²) in [4.78, 5) is 12.7. The van der Waals surface area contributed by atoms with Gasteiger partial charge < -0.3 is 15.8 Å². The van der Waals surface area contributed by atoms with Gasteiger partial charge in [-0.05, 0) is 44.9 Å². The summed E-state index contributed by atoms with van der Waals surface area (Å²) < 4.78 is 5.41. The Kier molecular flexibility index (Phi) is 7.47. The highest BCUT2D eigenvalue weighted by atomic mass is 32.2. The molecule has 1 aromatic rings. The third kappa shape index (κ3) is 6.82. The molecule has 0 fully saturated rings. The van der Waals surface area contributed by atoms with Gasteiger partial charge in [0.05, 0.1) is 11.9 Å². The van der Waals surface area contributed by atoms with Gasteiger partial charge in [0.25, 0.3) is 0 Å². The maximum Gasteiger partial charge on any atom is 0.230 e. The number of carbonyl (C=O) groups excluding carboxylic acids is 1. The highest BCUT2D eigenvalue weighted by molar-refractivity contribution is 8.00. The number of aryl methyl sites for hydroxylation is 1. The molecule has 20 heavy (non-hydrogen) atoms. The molecule has 0 aliphatic rings. The molecule has 0 unspecified atom stereocenters. The number of nitrogen functional groups attached to an aromatic ring is 1. The van der Waals surface area contributed by atoms with Crippen molar-refractivity contribution in [3.05, 3.63) is 23.8 Å². The van der Waals surface area contributed by atoms with E-state index in [1.807, 2.05) is 39.0 Å². The summed E-state index contributed by atoms with van der Waals surface area (Å²) in [6.07, 6.45) is 1.08. The predicted octanol–water partition coefficient (Wildman–Crippen LogP) is 2.60. The van der Waals surface area contributed by atoms with E-state index in [1.165, 1.54) is 11.8 Å². The van der Waals surface area contributed by atoms with Crippen molar-refractivity contribution in [3.8, 4) is 0 Å². The van der Waals surface area contributed by atoms with Gasteiger partial charge >= 0.3 is 0 Å². The van der Waals surface area contributed by atoms with Crippen LogP contribution in [-0.2, 0) is 9.53 Å². The molecule has 5 heteroatoms. The molecule has 0 saturated heterocycles. The van der Waals surface area contributed by atoms with Gasteiger partial charge in [-0.3, -0.25) is 4.79 Å². The van der Waals surface area contributed by atoms with E-state index in [9.17, 15) is 4.79 Å². The molecule has 1 amide bonds. The van der Waals surface area contributed by atoms with Gasteiger partial charge in [0.1, 0.15) is 0 Å². The summed E-state index contributed by atoms with van der Waals surface area (Å²) in [6, 6.07) is 5.84. The van der Waals surface area contributed by atoms with Crippen LogP contribution in [0.15, 0.2) is 23.1 Å². The summed E-state index contributed by atoms with van der Waals surface area (Å²) in [6.45, 7) is 7.34. The minimum Gasteiger partial charge on any atom is -0.398 e. The predicted molar refractivity (Wildman–Crippen MR) is 85.0 cm³/mol. The largest absolute Gasteiger partial charge is 0.398 e. The van der Waals surface area contributed by atoms with E-state index in [0.717, 1.165) is 22.6 Å². The third-order valence-electron chi connectivity index (χ3n) is 2.62. The number of rotatable bonds is 8. The molecule has 0 atom stereocenters. The van der Waals surface area contributed by atoms with Crippen LogP contribution < -0.4 is 11.1 Å². The second-order valence-corrected chi connectivity index (χ2v) is 5.97. The van der Waals surface area contributed by atoms with Gasteiger partial charge in [-0.2, -0.15) is 0 Å². The lowest BCUT2D eigenvalue weighted by molar-refractivity contribution is -0.118. The Balaban J connectivity index is 2.21. The molecule has 1 rings (SSSR count). The Morgan fingerprint density at radius 2 is 2.20 bits per heavy atom. The fraction of sp³-hybridized carbons (Fsp3) is 0.533. The van der Waals surface area contributed by atoms with Crippen molar-refractivity contribution in [2.75, 3.05) is 24.6 Å². The second kappa shape index (κ2) is 8.87. The first kappa shape index (κ1) is 16.9. The highest BCUT2D eigenvalue weighted by Gasteiger charge is 2.05. The Labute approximate surface area is 125 Å².